The number of hydrogen-bond acceptors (Lipinski definition) is 7. The Morgan fingerprint density at radius 2 is 1.60 bits per heavy atom. The number of carbonyl (C=O) groups excluding carboxylic acids is 1. The van der Waals surface area contributed by atoms with Gasteiger partial charge in [0.15, 0.2) is 5.16 Å². The number of aryl methyl sites for hydroxylation is 2. The molecule has 0 spiro atoms. The third-order valence-electron chi connectivity index (χ3n) is 5.50. The average molecular weight is 491 g/mol. The number of amides is 1. The van der Waals surface area contributed by atoms with E-state index in [2.05, 4.69) is 44.1 Å². The zero-order valence-corrected chi connectivity index (χ0v) is 21.3. The number of nitrogens with zero attached hydrogens (tertiary/aromatic N) is 5. The molecule has 0 aliphatic heterocycles. The highest BCUT2D eigenvalue weighted by Gasteiger charge is 2.14. The van der Waals surface area contributed by atoms with E-state index in [1.807, 2.05) is 49.6 Å². The van der Waals surface area contributed by atoms with E-state index in [0.717, 1.165) is 41.5 Å². The molecule has 182 valence electrons. The predicted octanol–water partition coefficient (Wildman–Crippen LogP) is 5.04. The summed E-state index contributed by atoms with van der Waals surface area (Å²) < 4.78 is 8.00. The molecule has 1 amide bonds. The highest BCUT2D eigenvalue weighted by molar-refractivity contribution is 7.98. The molecule has 2 aromatic carbocycles. The number of hydrogen-bond donors (Lipinski definition) is 1. The molecule has 0 fully saturated rings. The van der Waals surface area contributed by atoms with Gasteiger partial charge in [-0.1, -0.05) is 43.3 Å². The van der Waals surface area contributed by atoms with Crippen molar-refractivity contribution in [2.45, 2.75) is 45.3 Å². The van der Waals surface area contributed by atoms with Crippen molar-refractivity contribution in [3.05, 3.63) is 65.5 Å². The summed E-state index contributed by atoms with van der Waals surface area (Å²) in [4.78, 5) is 12.6. The van der Waals surface area contributed by atoms with Crippen LogP contribution in [0.1, 0.15) is 42.0 Å². The van der Waals surface area contributed by atoms with Gasteiger partial charge in [-0.05, 0) is 61.9 Å². The fourth-order valence-corrected chi connectivity index (χ4v) is 4.19. The molecule has 0 bridgehead atoms. The highest BCUT2D eigenvalue weighted by Crippen LogP contribution is 2.24. The summed E-state index contributed by atoms with van der Waals surface area (Å²) in [5, 5.41) is 20.8. The fraction of sp³-hybridized carbons (Fsp3) is 0.346. The van der Waals surface area contributed by atoms with Gasteiger partial charge in [-0.2, -0.15) is 0 Å². The summed E-state index contributed by atoms with van der Waals surface area (Å²) in [6.45, 7) is 7.85. The fourth-order valence-electron chi connectivity index (χ4n) is 3.67. The van der Waals surface area contributed by atoms with Crippen LogP contribution in [0.5, 0.6) is 0 Å². The monoisotopic (exact) mass is 490 g/mol. The Hall–Kier alpha value is -3.46. The van der Waals surface area contributed by atoms with Crippen LogP contribution in [0.3, 0.4) is 0 Å². The summed E-state index contributed by atoms with van der Waals surface area (Å²) in [6.07, 6.45) is 3.57. The first kappa shape index (κ1) is 24.7. The van der Waals surface area contributed by atoms with Crippen LogP contribution < -0.4 is 5.32 Å². The van der Waals surface area contributed by atoms with Crippen molar-refractivity contribution in [3.63, 3.8) is 0 Å². The lowest BCUT2D eigenvalue weighted by Crippen LogP contribution is -2.25. The molecule has 2 aromatic heterocycles. The summed E-state index contributed by atoms with van der Waals surface area (Å²) in [7, 11) is 0. The van der Waals surface area contributed by atoms with Crippen LogP contribution >= 0.6 is 11.8 Å². The average Bonchev–Trinajstić information content (AvgIpc) is 3.49. The molecule has 0 radical (unpaired) electrons. The van der Waals surface area contributed by atoms with Gasteiger partial charge in [-0.15, -0.1) is 20.4 Å². The van der Waals surface area contributed by atoms with Gasteiger partial charge in [-0.3, -0.25) is 4.79 Å². The summed E-state index contributed by atoms with van der Waals surface area (Å²) in [6, 6.07) is 15.1. The lowest BCUT2D eigenvalue weighted by Gasteiger charge is -2.11. The quantitative estimate of drug-likeness (QED) is 0.245. The van der Waals surface area contributed by atoms with Crippen molar-refractivity contribution in [2.24, 2.45) is 5.92 Å². The number of carbonyl (C=O) groups is 1. The maximum absolute atomic E-state index is 12.6. The van der Waals surface area contributed by atoms with E-state index < -0.39 is 0 Å². The number of aromatic nitrogens is 5. The van der Waals surface area contributed by atoms with Crippen LogP contribution in [-0.2, 0) is 13.0 Å². The maximum atomic E-state index is 12.6. The standard InChI is InChI=1S/C26H30N6O2S/c1-17(2)16-32-22(28-31-26(32)35-4)6-5-15-27-23(33)19-11-13-21(14-12-19)25-30-29-24(34-25)20-9-7-18(3)8-10-20/h7-14,17H,5-6,15-16H2,1-4H3,(H,27,33). The Labute approximate surface area is 209 Å². The Bertz CT molecular complexity index is 1260. The van der Waals surface area contributed by atoms with Crippen molar-refractivity contribution in [1.82, 2.24) is 30.3 Å². The van der Waals surface area contributed by atoms with E-state index >= 15 is 0 Å². The third kappa shape index (κ3) is 6.16. The molecule has 9 heteroatoms. The molecule has 8 nitrogen and oxygen atoms in total. The van der Waals surface area contributed by atoms with Gasteiger partial charge in [0.25, 0.3) is 5.91 Å². The van der Waals surface area contributed by atoms with Gasteiger partial charge in [0, 0.05) is 36.2 Å². The van der Waals surface area contributed by atoms with E-state index in [1.165, 1.54) is 5.56 Å². The molecule has 0 atom stereocenters. The van der Waals surface area contributed by atoms with E-state index in [4.69, 9.17) is 4.42 Å². The van der Waals surface area contributed by atoms with E-state index in [0.29, 0.717) is 29.8 Å². The van der Waals surface area contributed by atoms with Crippen molar-refractivity contribution >= 4 is 17.7 Å². The van der Waals surface area contributed by atoms with Crippen molar-refractivity contribution in [2.75, 3.05) is 12.8 Å². The second-order valence-corrected chi connectivity index (χ2v) is 9.60. The molecule has 35 heavy (non-hydrogen) atoms. The molecule has 0 saturated heterocycles. The third-order valence-corrected chi connectivity index (χ3v) is 6.17. The first-order valence-corrected chi connectivity index (χ1v) is 12.9. The lowest BCUT2D eigenvalue weighted by molar-refractivity contribution is 0.0953. The highest BCUT2D eigenvalue weighted by atomic mass is 32.2. The minimum Gasteiger partial charge on any atom is -0.416 e. The Balaban J connectivity index is 1.31. The molecule has 0 aliphatic carbocycles. The van der Waals surface area contributed by atoms with Crippen LogP contribution in [0.4, 0.5) is 0 Å². The Morgan fingerprint density at radius 1 is 0.971 bits per heavy atom. The van der Waals surface area contributed by atoms with Gasteiger partial charge in [0.2, 0.25) is 11.8 Å². The number of thioether (sulfide) groups is 1. The molecule has 4 rings (SSSR count). The van der Waals surface area contributed by atoms with Gasteiger partial charge in [0.1, 0.15) is 5.82 Å². The molecule has 0 saturated carbocycles. The molecule has 1 N–H and O–H groups in total. The van der Waals surface area contributed by atoms with Crippen LogP contribution in [0, 0.1) is 12.8 Å². The smallest absolute Gasteiger partial charge is 0.251 e. The molecular weight excluding hydrogens is 460 g/mol. The minimum absolute atomic E-state index is 0.115. The van der Waals surface area contributed by atoms with Gasteiger partial charge < -0.3 is 14.3 Å². The van der Waals surface area contributed by atoms with Crippen LogP contribution in [0.2, 0.25) is 0 Å². The van der Waals surface area contributed by atoms with Crippen LogP contribution in [0.25, 0.3) is 22.9 Å². The van der Waals surface area contributed by atoms with Crippen LogP contribution in [0.15, 0.2) is 58.1 Å². The largest absolute Gasteiger partial charge is 0.416 e. The normalized spacial score (nSPS) is 11.2. The van der Waals surface area contributed by atoms with Gasteiger partial charge in [0.05, 0.1) is 0 Å². The van der Waals surface area contributed by atoms with Crippen molar-refractivity contribution in [3.8, 4) is 22.9 Å². The van der Waals surface area contributed by atoms with Crippen molar-refractivity contribution in [1.29, 1.82) is 0 Å². The number of nitrogens with one attached hydrogen (secondary N) is 1. The second-order valence-electron chi connectivity index (χ2n) is 8.82. The van der Waals surface area contributed by atoms with E-state index in [1.54, 1.807) is 23.9 Å². The SMILES string of the molecule is CSc1nnc(CCCNC(=O)c2ccc(-c3nnc(-c4ccc(C)cc4)o3)cc2)n1CC(C)C. The molecule has 0 unspecified atom stereocenters. The van der Waals surface area contributed by atoms with Crippen molar-refractivity contribution < 1.29 is 9.21 Å². The Kier molecular flexibility index (Phi) is 7.97. The summed E-state index contributed by atoms with van der Waals surface area (Å²) in [5.74, 6) is 2.25. The summed E-state index contributed by atoms with van der Waals surface area (Å²) in [5.41, 5.74) is 3.39. The minimum atomic E-state index is -0.115. The Morgan fingerprint density at radius 3 is 2.20 bits per heavy atom. The molecule has 2 heterocycles. The number of benzene rings is 2. The molecule has 4 aromatic rings. The van der Waals surface area contributed by atoms with E-state index in [-0.39, 0.29) is 5.91 Å². The van der Waals surface area contributed by atoms with Crippen LogP contribution in [-0.4, -0.2) is 43.7 Å². The predicted molar refractivity (Wildman–Crippen MR) is 137 cm³/mol. The lowest BCUT2D eigenvalue weighted by atomic mass is 10.1. The second kappa shape index (κ2) is 11.3. The molecular formula is C26H30N6O2S. The first-order chi connectivity index (χ1) is 16.9. The van der Waals surface area contributed by atoms with E-state index in [9.17, 15) is 4.79 Å². The molecule has 0 aliphatic rings. The number of rotatable bonds is 10. The summed E-state index contributed by atoms with van der Waals surface area (Å²) >= 11 is 1.60. The first-order valence-electron chi connectivity index (χ1n) is 11.7. The topological polar surface area (TPSA) is 98.7 Å². The zero-order chi connectivity index (χ0) is 24.8. The maximum Gasteiger partial charge on any atom is 0.251 e. The van der Waals surface area contributed by atoms with Gasteiger partial charge >= 0.3 is 0 Å². The van der Waals surface area contributed by atoms with Gasteiger partial charge in [-0.25, -0.2) is 0 Å². The zero-order valence-electron chi connectivity index (χ0n) is 20.5.